The van der Waals surface area contributed by atoms with E-state index >= 15 is 0 Å². The summed E-state index contributed by atoms with van der Waals surface area (Å²) < 4.78 is 2.19. The number of hydrogen-bond acceptors (Lipinski definition) is 2. The summed E-state index contributed by atoms with van der Waals surface area (Å²) in [4.78, 5) is 4.39. The van der Waals surface area contributed by atoms with E-state index < -0.39 is 0 Å². The summed E-state index contributed by atoms with van der Waals surface area (Å²) in [5.41, 5.74) is 1.30. The van der Waals surface area contributed by atoms with Crippen molar-refractivity contribution in [3.63, 3.8) is 0 Å². The second kappa shape index (κ2) is 6.24. The van der Waals surface area contributed by atoms with E-state index in [1.54, 1.807) is 0 Å². The highest BCUT2D eigenvalue weighted by molar-refractivity contribution is 5.30. The molecule has 1 unspecified atom stereocenters. The topological polar surface area (TPSA) is 29.9 Å². The fraction of sp³-hybridized carbons (Fsp3) is 0.400. The number of nitrogens with one attached hydrogen (secondary N) is 1. The largest absolute Gasteiger partial charge is 0.356 e. The molecule has 2 aromatic rings. The van der Waals surface area contributed by atoms with Gasteiger partial charge in [0.15, 0.2) is 0 Å². The summed E-state index contributed by atoms with van der Waals surface area (Å²) in [5.74, 6) is 0.958. The van der Waals surface area contributed by atoms with Gasteiger partial charge in [-0.25, -0.2) is 4.98 Å². The van der Waals surface area contributed by atoms with Gasteiger partial charge >= 0.3 is 0 Å². The third-order valence-corrected chi connectivity index (χ3v) is 3.18. The number of anilines is 1. The second-order valence-corrected chi connectivity index (χ2v) is 4.53. The van der Waals surface area contributed by atoms with Crippen molar-refractivity contribution in [3.8, 4) is 0 Å². The van der Waals surface area contributed by atoms with Crippen molar-refractivity contribution in [2.45, 2.75) is 32.7 Å². The monoisotopic (exact) mass is 243 g/mol. The lowest BCUT2D eigenvalue weighted by Gasteiger charge is -2.17. The van der Waals surface area contributed by atoms with Crippen molar-refractivity contribution >= 4 is 5.95 Å². The molecule has 0 aliphatic rings. The van der Waals surface area contributed by atoms with Crippen molar-refractivity contribution in [2.24, 2.45) is 0 Å². The van der Waals surface area contributed by atoms with Gasteiger partial charge in [-0.2, -0.15) is 0 Å². The highest BCUT2D eigenvalue weighted by atomic mass is 15.2. The van der Waals surface area contributed by atoms with Gasteiger partial charge in [0.05, 0.1) is 6.04 Å². The lowest BCUT2D eigenvalue weighted by Crippen LogP contribution is -2.12. The number of rotatable bonds is 6. The number of aromatic nitrogens is 2. The van der Waals surface area contributed by atoms with Crippen molar-refractivity contribution in [1.29, 1.82) is 0 Å². The van der Waals surface area contributed by atoms with Crippen LogP contribution in [0.3, 0.4) is 0 Å². The minimum Gasteiger partial charge on any atom is -0.356 e. The van der Waals surface area contributed by atoms with E-state index in [-0.39, 0.29) is 0 Å². The molecular formula is C15H21N3. The predicted octanol–water partition coefficient (Wildman–Crippen LogP) is 3.70. The minimum absolute atomic E-state index is 0.304. The quantitative estimate of drug-likeness (QED) is 0.784. The van der Waals surface area contributed by atoms with Crippen molar-refractivity contribution < 1.29 is 0 Å². The lowest BCUT2D eigenvalue weighted by molar-refractivity contribution is 0.641. The van der Waals surface area contributed by atoms with Gasteiger partial charge in [-0.15, -0.1) is 0 Å². The van der Waals surface area contributed by atoms with Crippen molar-refractivity contribution in [2.75, 3.05) is 11.9 Å². The van der Waals surface area contributed by atoms with Crippen LogP contribution < -0.4 is 5.32 Å². The van der Waals surface area contributed by atoms with E-state index in [1.165, 1.54) is 18.4 Å². The molecule has 96 valence electrons. The Morgan fingerprint density at radius 3 is 2.78 bits per heavy atom. The van der Waals surface area contributed by atoms with Gasteiger partial charge in [0.25, 0.3) is 0 Å². The molecule has 0 aliphatic heterocycles. The van der Waals surface area contributed by atoms with E-state index in [0.29, 0.717) is 6.04 Å². The van der Waals surface area contributed by atoms with Crippen LogP contribution in [0.5, 0.6) is 0 Å². The number of nitrogens with zero attached hydrogens (tertiary/aromatic N) is 2. The summed E-state index contributed by atoms with van der Waals surface area (Å²) >= 11 is 0. The first-order valence-electron chi connectivity index (χ1n) is 6.64. The molecule has 0 spiro atoms. The third-order valence-electron chi connectivity index (χ3n) is 3.18. The fourth-order valence-electron chi connectivity index (χ4n) is 2.03. The van der Waals surface area contributed by atoms with E-state index in [2.05, 4.69) is 53.0 Å². The number of imidazole rings is 1. The highest BCUT2D eigenvalue weighted by Crippen LogP contribution is 2.21. The Morgan fingerprint density at radius 2 is 2.06 bits per heavy atom. The first-order chi connectivity index (χ1) is 8.83. The molecular weight excluding hydrogens is 222 g/mol. The first-order valence-corrected chi connectivity index (χ1v) is 6.64. The van der Waals surface area contributed by atoms with Crippen LogP contribution in [0.4, 0.5) is 5.95 Å². The Kier molecular flexibility index (Phi) is 4.40. The molecule has 0 radical (unpaired) electrons. The normalized spacial score (nSPS) is 12.3. The summed E-state index contributed by atoms with van der Waals surface area (Å²) in [6.07, 6.45) is 6.26. The SMILES string of the molecule is CCCCNc1nccn1C(C)c1ccccc1. The van der Waals surface area contributed by atoms with Crippen LogP contribution in [0.1, 0.15) is 38.3 Å². The zero-order chi connectivity index (χ0) is 12.8. The molecule has 18 heavy (non-hydrogen) atoms. The van der Waals surface area contributed by atoms with Gasteiger partial charge in [-0.05, 0) is 18.9 Å². The second-order valence-electron chi connectivity index (χ2n) is 4.53. The maximum Gasteiger partial charge on any atom is 0.203 e. The molecule has 3 heteroatoms. The molecule has 0 saturated carbocycles. The van der Waals surface area contributed by atoms with Gasteiger partial charge in [-0.3, -0.25) is 0 Å². The van der Waals surface area contributed by atoms with Crippen molar-refractivity contribution in [1.82, 2.24) is 9.55 Å². The van der Waals surface area contributed by atoms with Gasteiger partial charge < -0.3 is 9.88 Å². The van der Waals surface area contributed by atoms with Gasteiger partial charge in [0.1, 0.15) is 0 Å². The predicted molar refractivity (Wildman–Crippen MR) is 75.9 cm³/mol. The molecule has 1 heterocycles. The van der Waals surface area contributed by atoms with E-state index in [4.69, 9.17) is 0 Å². The van der Waals surface area contributed by atoms with Crippen LogP contribution in [-0.4, -0.2) is 16.1 Å². The number of unbranched alkanes of at least 4 members (excludes halogenated alkanes) is 1. The van der Waals surface area contributed by atoms with Crippen LogP contribution >= 0.6 is 0 Å². The summed E-state index contributed by atoms with van der Waals surface area (Å²) in [5, 5.41) is 3.40. The van der Waals surface area contributed by atoms with Gasteiger partial charge in [0.2, 0.25) is 5.95 Å². The Labute approximate surface area is 109 Å². The van der Waals surface area contributed by atoms with E-state index in [1.807, 2.05) is 18.5 Å². The van der Waals surface area contributed by atoms with Gasteiger partial charge in [-0.1, -0.05) is 43.7 Å². The average molecular weight is 243 g/mol. The molecule has 2 rings (SSSR count). The van der Waals surface area contributed by atoms with Crippen LogP contribution in [0.15, 0.2) is 42.7 Å². The highest BCUT2D eigenvalue weighted by Gasteiger charge is 2.10. The van der Waals surface area contributed by atoms with Gasteiger partial charge in [0, 0.05) is 18.9 Å². The molecule has 1 N–H and O–H groups in total. The maximum absolute atomic E-state index is 4.39. The molecule has 3 nitrogen and oxygen atoms in total. The Bertz CT molecular complexity index is 462. The summed E-state index contributed by atoms with van der Waals surface area (Å²) in [6, 6.07) is 10.8. The Morgan fingerprint density at radius 1 is 1.28 bits per heavy atom. The molecule has 0 bridgehead atoms. The fourth-order valence-corrected chi connectivity index (χ4v) is 2.03. The zero-order valence-electron chi connectivity index (χ0n) is 11.1. The molecule has 1 aromatic carbocycles. The molecule has 0 aliphatic carbocycles. The van der Waals surface area contributed by atoms with E-state index in [0.717, 1.165) is 12.5 Å². The maximum atomic E-state index is 4.39. The van der Waals surface area contributed by atoms with Crippen LogP contribution in [0.25, 0.3) is 0 Å². The van der Waals surface area contributed by atoms with Crippen LogP contribution in [0, 0.1) is 0 Å². The van der Waals surface area contributed by atoms with Crippen LogP contribution in [-0.2, 0) is 0 Å². The lowest BCUT2D eigenvalue weighted by atomic mass is 10.1. The molecule has 1 atom stereocenters. The van der Waals surface area contributed by atoms with E-state index in [9.17, 15) is 0 Å². The smallest absolute Gasteiger partial charge is 0.203 e. The number of hydrogen-bond donors (Lipinski definition) is 1. The Hall–Kier alpha value is -1.77. The van der Waals surface area contributed by atoms with Crippen LogP contribution in [0.2, 0.25) is 0 Å². The Balaban J connectivity index is 2.11. The van der Waals surface area contributed by atoms with Crippen molar-refractivity contribution in [3.05, 3.63) is 48.3 Å². The third kappa shape index (κ3) is 2.92. The molecule has 0 fully saturated rings. The average Bonchev–Trinajstić information content (AvgIpc) is 2.88. The number of benzene rings is 1. The summed E-state index contributed by atoms with van der Waals surface area (Å²) in [7, 11) is 0. The first kappa shape index (κ1) is 12.7. The zero-order valence-corrected chi connectivity index (χ0v) is 11.1. The molecule has 1 aromatic heterocycles. The minimum atomic E-state index is 0.304. The molecule has 0 saturated heterocycles. The molecule has 0 amide bonds. The standard InChI is InChI=1S/C15H21N3/c1-3-4-10-16-15-17-11-12-18(15)13(2)14-8-6-5-7-9-14/h5-9,11-13H,3-4,10H2,1-2H3,(H,16,17). The summed E-state index contributed by atoms with van der Waals surface area (Å²) in [6.45, 7) is 5.37.